The minimum Gasteiger partial charge on any atom is -0.449 e. The molecule has 6 aromatic heterocycles. The zero-order valence-electron chi connectivity index (χ0n) is 80.3. The summed E-state index contributed by atoms with van der Waals surface area (Å²) in [5.41, 5.74) is 13.0. The predicted octanol–water partition coefficient (Wildman–Crippen LogP) is 20.9. The van der Waals surface area contributed by atoms with E-state index in [2.05, 4.69) is 41.7 Å². The number of para-hydroxylation sites is 5. The van der Waals surface area contributed by atoms with Gasteiger partial charge >= 0.3 is 24.4 Å². The normalized spacial score (nSPS) is 12.1. The number of ether oxygens (including phenoxy) is 4. The van der Waals surface area contributed by atoms with E-state index in [0.717, 1.165) is 56.6 Å². The lowest BCUT2D eigenvalue weighted by molar-refractivity contribution is 0.0310. The van der Waals surface area contributed by atoms with Gasteiger partial charge in [0.1, 0.15) is 59.7 Å². The Morgan fingerprint density at radius 1 is 0.464 bits per heavy atom. The molecule has 0 bridgehead atoms. The molecular weight excluding hydrogens is 1810 g/mol. The van der Waals surface area contributed by atoms with Crippen LogP contribution in [0.1, 0.15) is 194 Å². The summed E-state index contributed by atoms with van der Waals surface area (Å²) in [6, 6.07) is 68.9. The van der Waals surface area contributed by atoms with Crippen molar-refractivity contribution in [2.75, 3.05) is 13.2 Å². The Labute approximate surface area is 808 Å². The van der Waals surface area contributed by atoms with Crippen LogP contribution in [-0.4, -0.2) is 153 Å². The summed E-state index contributed by atoms with van der Waals surface area (Å²) in [6.07, 6.45) is 0.343. The molecule has 724 valence electrons. The van der Waals surface area contributed by atoms with E-state index in [9.17, 15) is 56.4 Å². The number of aliphatic hydroxyl groups excluding tert-OH is 5. The number of hydrogen-bond donors (Lipinski definition) is 5. The molecule has 0 amide bonds. The third kappa shape index (κ3) is 25.8. The van der Waals surface area contributed by atoms with E-state index < -0.39 is 73.4 Å². The maximum atomic E-state index is 13.0. The number of aryl methyl sites for hydroxylation is 5. The van der Waals surface area contributed by atoms with E-state index in [1.54, 1.807) is 103 Å². The van der Waals surface area contributed by atoms with Gasteiger partial charge in [0, 0.05) is 17.9 Å². The summed E-state index contributed by atoms with van der Waals surface area (Å²) in [5.74, 6) is 1.80. The highest BCUT2D eigenvalue weighted by molar-refractivity contribution is 7.90. The van der Waals surface area contributed by atoms with E-state index in [0.29, 0.717) is 113 Å². The van der Waals surface area contributed by atoms with Gasteiger partial charge in [-0.25, -0.2) is 98.7 Å². The maximum Gasteiger partial charge on any atom is 0.420 e. The lowest BCUT2D eigenvalue weighted by Gasteiger charge is -2.25. The van der Waals surface area contributed by atoms with Crippen LogP contribution in [0.2, 0.25) is 5.02 Å². The molecule has 16 aromatic rings. The van der Waals surface area contributed by atoms with E-state index in [-0.39, 0.29) is 72.7 Å². The van der Waals surface area contributed by atoms with Crippen LogP contribution in [0.4, 0.5) is 19.2 Å². The molecule has 0 fully saturated rings. The summed E-state index contributed by atoms with van der Waals surface area (Å²) >= 11 is 5.92. The predicted molar refractivity (Wildman–Crippen MR) is 534 cm³/mol. The number of benzene rings is 10. The number of carbonyl (C=O) groups is 4. The number of aromatic nitrogens is 12. The van der Waals surface area contributed by atoms with Crippen LogP contribution in [0.15, 0.2) is 235 Å². The van der Waals surface area contributed by atoms with Gasteiger partial charge in [-0.05, 0) is 232 Å². The van der Waals surface area contributed by atoms with Crippen LogP contribution in [0.25, 0.3) is 71.0 Å². The molecule has 0 radical (unpaired) electrons. The second-order valence-electron chi connectivity index (χ2n) is 35.5. The number of nitrogens with zero attached hydrogens (tertiary/aromatic N) is 13. The highest BCUT2D eigenvalue weighted by atomic mass is 35.5. The van der Waals surface area contributed by atoms with E-state index in [4.69, 9.17) is 42.2 Å². The third-order valence-electron chi connectivity index (χ3n) is 22.4. The average Bonchev–Trinajstić information content (AvgIpc) is 1.60. The minimum atomic E-state index is -3.79. The monoisotopic (exact) mass is 1930 g/mol. The molecule has 2 atom stereocenters. The first-order chi connectivity index (χ1) is 65.6. The highest BCUT2D eigenvalue weighted by Crippen LogP contribution is 2.34. The van der Waals surface area contributed by atoms with Gasteiger partial charge in [-0.1, -0.05) is 197 Å². The molecule has 6 heterocycles. The molecule has 33 heteroatoms. The molecular formula is C105H118ClN13O17S2. The van der Waals surface area contributed by atoms with E-state index in [1.165, 1.54) is 29.2 Å². The van der Waals surface area contributed by atoms with Crippen molar-refractivity contribution in [3.05, 3.63) is 326 Å². The van der Waals surface area contributed by atoms with E-state index >= 15 is 0 Å². The van der Waals surface area contributed by atoms with Crippen LogP contribution in [0.3, 0.4) is 0 Å². The average molecular weight is 1930 g/mol. The van der Waals surface area contributed by atoms with Crippen LogP contribution in [0.5, 0.6) is 0 Å². The standard InChI is InChI=1S/C22H26N2O3.C20H22N2O3.C17H15N3O2S.C16H16N2O3S.C16H22N2O3.C14H17ClN2O3/c1-4-5-15-22(2,3)27-21(26)24-18-14-10-9-13-17(18)23-20(24)19(25)16-11-7-6-8-12-16;1-14-8-7-11-16-18(14)21-17(13-23)22(16)19(24)25-20(2,3)12-15-9-5-4-6-10-15;1-12-4-7-14(8-5-12)23(21,22)20-16-9-6-13(2)10-15(16)19-17(20)11-18-3;1-12(19)16-17-14-9-5-6-10-15(14)18(16)22(20,21)11-13-7-3-2-4-8-13;1-6-16(4,5)21-15(20)18-13-8-11(3)10(2)7-12(13)17-14(18)9-19;1-9(2)8-20-14(19)17-12-4-3-10(15)7-11(12)16-13(17)5-6-18/h6-14,19,25H,4-5,15H2,1-3H3;4-11,23H,12-13H2,1-3H3;4-10H,11H2,1-2H3;2-10,12,19H,11H2,1H3;7-8,19H,6,9H2,1-5H3;3-4,7,9,18H,5-6,8H2,1-2H3. The van der Waals surface area contributed by atoms with Crippen molar-refractivity contribution in [3.63, 3.8) is 0 Å². The molecule has 30 nitrogen and oxygen atoms in total. The number of fused-ring (bicyclic) bond motifs is 6. The first kappa shape index (κ1) is 105. The number of hydrogen-bond acceptors (Lipinski definition) is 23. The summed E-state index contributed by atoms with van der Waals surface area (Å²) in [5, 5.41) is 49.5. The number of imidazole rings is 6. The fourth-order valence-electron chi connectivity index (χ4n) is 15.0. The molecule has 10 aromatic carbocycles. The fraction of sp³-hybridized carbons (Fsp3) is 0.324. The van der Waals surface area contributed by atoms with Gasteiger partial charge in [0.15, 0.2) is 11.6 Å². The molecule has 0 spiro atoms. The summed E-state index contributed by atoms with van der Waals surface area (Å²) in [7, 11) is -7.47. The number of carbonyl (C=O) groups excluding carboxylic acids is 4. The first-order valence-electron chi connectivity index (χ1n) is 45.2. The summed E-state index contributed by atoms with van der Waals surface area (Å²) < 4.78 is 81.8. The fourth-order valence-corrected chi connectivity index (χ4v) is 18.3. The smallest absolute Gasteiger partial charge is 0.420 e. The van der Waals surface area contributed by atoms with Crippen LogP contribution >= 0.6 is 11.6 Å². The van der Waals surface area contributed by atoms with Gasteiger partial charge in [0.25, 0.3) is 16.6 Å². The van der Waals surface area contributed by atoms with Gasteiger partial charge in [-0.15, -0.1) is 0 Å². The molecule has 138 heavy (non-hydrogen) atoms. The number of aliphatic hydroxyl groups is 5. The molecule has 0 aliphatic rings. The molecule has 16 rings (SSSR count). The zero-order chi connectivity index (χ0) is 100. The van der Waals surface area contributed by atoms with Crippen LogP contribution in [-0.2, 0) is 77.3 Å². The Morgan fingerprint density at radius 2 is 0.957 bits per heavy atom. The lowest BCUT2D eigenvalue weighted by atomic mass is 9.98. The van der Waals surface area contributed by atoms with Gasteiger partial charge in [0.05, 0.1) is 90.1 Å². The van der Waals surface area contributed by atoms with Crippen molar-refractivity contribution in [2.24, 2.45) is 5.92 Å². The quantitative estimate of drug-likeness (QED) is 0.0277. The van der Waals surface area contributed by atoms with Crippen molar-refractivity contribution in [3.8, 4) is 0 Å². The van der Waals surface area contributed by atoms with Crippen molar-refractivity contribution in [1.82, 2.24) is 56.1 Å². The lowest BCUT2D eigenvalue weighted by Crippen LogP contribution is -2.33. The Hall–Kier alpha value is -13.6. The zero-order valence-corrected chi connectivity index (χ0v) is 82.7. The molecule has 0 aliphatic carbocycles. The Kier molecular flexibility index (Phi) is 35.0. The number of halogens is 1. The second kappa shape index (κ2) is 46.0. The second-order valence-corrected chi connectivity index (χ2v) is 39.6. The highest BCUT2D eigenvalue weighted by Gasteiger charge is 2.34. The summed E-state index contributed by atoms with van der Waals surface area (Å²) in [4.78, 5) is 80.1. The summed E-state index contributed by atoms with van der Waals surface area (Å²) in [6.45, 7) is 37.1. The Bertz CT molecular complexity index is 7260. The van der Waals surface area contributed by atoms with Crippen molar-refractivity contribution >= 4 is 122 Å². The maximum absolute atomic E-state index is 13.0. The van der Waals surface area contributed by atoms with Crippen molar-refractivity contribution in [2.45, 2.75) is 209 Å². The topological polar surface area (TPSA) is 386 Å². The molecule has 0 saturated heterocycles. The molecule has 2 unspecified atom stereocenters. The van der Waals surface area contributed by atoms with Gasteiger partial charge in [0.2, 0.25) is 15.8 Å². The van der Waals surface area contributed by atoms with Crippen molar-refractivity contribution < 1.29 is 80.5 Å². The van der Waals surface area contributed by atoms with E-state index in [1.807, 2.05) is 224 Å². The van der Waals surface area contributed by atoms with Gasteiger partial charge in [-0.3, -0.25) is 0 Å². The first-order valence-corrected chi connectivity index (χ1v) is 48.6. The third-order valence-corrected chi connectivity index (χ3v) is 26.0. The number of rotatable bonds is 24. The Morgan fingerprint density at radius 3 is 1.57 bits per heavy atom. The van der Waals surface area contributed by atoms with Gasteiger partial charge in [-0.2, -0.15) is 0 Å². The number of unbranched alkanes of at least 4 members (excludes halogenated alkanes) is 1. The van der Waals surface area contributed by atoms with Crippen LogP contribution in [0, 0.1) is 47.1 Å². The molecule has 0 saturated carbocycles. The largest absolute Gasteiger partial charge is 0.449 e. The Balaban J connectivity index is 0.000000159. The molecule has 5 N–H and O–H groups in total. The SMILES string of the molecule is CC(C)COC(=O)n1c(CCO)nc2cc(Cl)ccc21.CC(O)c1nc2ccccc2n1S(=O)(=O)Cc1ccccc1.CCC(C)(C)OC(=O)n1c(CO)nc2cc(C)c(C)cc21.CCCCC(C)(C)OC(=O)n1c(C(O)c2ccccc2)nc2ccccc21.Cc1cccc2c1nc(CO)n2C(=O)OC(C)(C)Cc1ccccc1.[C-]#[N+]Cc1nc2cc(C)ccc2n1S(=O)(=O)c1ccc(C)cc1. The minimum absolute atomic E-state index is 0.0845. The van der Waals surface area contributed by atoms with Gasteiger partial charge < -0.3 is 49.3 Å². The van der Waals surface area contributed by atoms with Crippen molar-refractivity contribution in [1.29, 1.82) is 0 Å². The van der Waals surface area contributed by atoms with Crippen LogP contribution < -0.4 is 0 Å². The molecule has 0 aliphatic heterocycles.